The number of halogens is 2. The third-order valence-electron chi connectivity index (χ3n) is 4.51. The summed E-state index contributed by atoms with van der Waals surface area (Å²) in [6, 6.07) is 11.4. The van der Waals surface area contributed by atoms with Gasteiger partial charge >= 0.3 is 0 Å². The zero-order chi connectivity index (χ0) is 22.1. The van der Waals surface area contributed by atoms with Crippen molar-refractivity contribution in [2.45, 2.75) is 31.8 Å². The van der Waals surface area contributed by atoms with Crippen LogP contribution in [0.2, 0.25) is 10.0 Å². The molecule has 0 fully saturated rings. The first kappa shape index (κ1) is 24.4. The molecule has 0 heterocycles. The molecule has 2 aromatic rings. The fourth-order valence-corrected chi connectivity index (χ4v) is 3.94. The van der Waals surface area contributed by atoms with Crippen LogP contribution in [-0.4, -0.2) is 43.0 Å². The lowest BCUT2D eigenvalue weighted by Crippen LogP contribution is -2.49. The van der Waals surface area contributed by atoms with Crippen LogP contribution >= 0.6 is 35.0 Å². The van der Waals surface area contributed by atoms with Gasteiger partial charge in [0.15, 0.2) is 0 Å². The number of para-hydroxylation sites is 1. The highest BCUT2D eigenvalue weighted by molar-refractivity contribution is 7.98. The Balaban J connectivity index is 2.05. The highest BCUT2D eigenvalue weighted by atomic mass is 35.5. The summed E-state index contributed by atoms with van der Waals surface area (Å²) in [5, 5.41) is 6.95. The molecular weight excluding hydrogens is 443 g/mol. The molecule has 0 aromatic heterocycles. The Bertz CT molecular complexity index is 879. The number of rotatable bonds is 10. The van der Waals surface area contributed by atoms with E-state index in [4.69, 9.17) is 27.9 Å². The number of thioether (sulfide) groups is 1. The number of hydrogen-bond donors (Lipinski definition) is 2. The Labute approximate surface area is 191 Å². The molecule has 2 amide bonds. The fourth-order valence-electron chi connectivity index (χ4n) is 2.98. The van der Waals surface area contributed by atoms with Crippen molar-refractivity contribution >= 4 is 46.8 Å². The van der Waals surface area contributed by atoms with E-state index >= 15 is 0 Å². The van der Waals surface area contributed by atoms with E-state index in [0.29, 0.717) is 34.2 Å². The average molecular weight is 469 g/mol. The maximum Gasteiger partial charge on any atom is 0.255 e. The van der Waals surface area contributed by atoms with Crippen LogP contribution in [0.25, 0.3) is 0 Å². The molecule has 0 spiro atoms. The first-order valence-corrected chi connectivity index (χ1v) is 11.7. The van der Waals surface area contributed by atoms with Gasteiger partial charge in [-0.15, -0.1) is 0 Å². The zero-order valence-corrected chi connectivity index (χ0v) is 19.5. The lowest BCUT2D eigenvalue weighted by molar-refractivity contribution is -0.123. The van der Waals surface area contributed by atoms with Crippen LogP contribution in [-0.2, 0) is 11.2 Å². The van der Waals surface area contributed by atoms with Crippen molar-refractivity contribution in [2.24, 2.45) is 0 Å². The lowest BCUT2D eigenvalue weighted by Gasteiger charge is -2.22. The van der Waals surface area contributed by atoms with Gasteiger partial charge in [-0.1, -0.05) is 41.4 Å². The van der Waals surface area contributed by atoms with Crippen LogP contribution < -0.4 is 15.4 Å². The Hall–Kier alpha value is -1.89. The number of carbonyl (C=O) groups is 2. The number of carbonyl (C=O) groups excluding carboxylic acids is 2. The molecule has 2 atom stereocenters. The molecule has 0 saturated carbocycles. The van der Waals surface area contributed by atoms with E-state index in [9.17, 15) is 9.59 Å². The highest BCUT2D eigenvalue weighted by Crippen LogP contribution is 2.22. The third kappa shape index (κ3) is 7.11. The summed E-state index contributed by atoms with van der Waals surface area (Å²) in [7, 11) is 1.51. The number of benzene rings is 2. The van der Waals surface area contributed by atoms with Gasteiger partial charge in [0.2, 0.25) is 5.91 Å². The van der Waals surface area contributed by atoms with Crippen molar-refractivity contribution in [1.82, 2.24) is 10.6 Å². The first-order valence-electron chi connectivity index (χ1n) is 9.52. The normalized spacial score (nSPS) is 12.7. The van der Waals surface area contributed by atoms with E-state index in [1.54, 1.807) is 48.2 Å². The number of hydrogen-bond acceptors (Lipinski definition) is 4. The molecule has 0 bridgehead atoms. The number of methoxy groups -OCH3 is 1. The Morgan fingerprint density at radius 1 is 1.13 bits per heavy atom. The second kappa shape index (κ2) is 12.1. The molecule has 2 unspecified atom stereocenters. The van der Waals surface area contributed by atoms with E-state index < -0.39 is 6.04 Å². The van der Waals surface area contributed by atoms with Crippen LogP contribution in [0.3, 0.4) is 0 Å². The molecule has 0 aliphatic rings. The molecule has 0 aliphatic heterocycles. The molecule has 0 radical (unpaired) electrons. The van der Waals surface area contributed by atoms with Crippen LogP contribution in [0.5, 0.6) is 5.75 Å². The smallest absolute Gasteiger partial charge is 0.255 e. The predicted octanol–water partition coefficient (Wildman–Crippen LogP) is 4.60. The molecule has 162 valence electrons. The topological polar surface area (TPSA) is 67.4 Å². The van der Waals surface area contributed by atoms with Crippen LogP contribution in [0.4, 0.5) is 0 Å². The second-order valence-corrected chi connectivity index (χ2v) is 8.69. The van der Waals surface area contributed by atoms with E-state index in [2.05, 4.69) is 10.6 Å². The largest absolute Gasteiger partial charge is 0.496 e. The average Bonchev–Trinajstić information content (AvgIpc) is 2.72. The van der Waals surface area contributed by atoms with Gasteiger partial charge in [-0.25, -0.2) is 0 Å². The SMILES string of the molecule is COc1ccccc1C(=O)NC(CCSC)C(=O)NC(C)Cc1ccc(Cl)cc1Cl. The van der Waals surface area contributed by atoms with Gasteiger partial charge in [0, 0.05) is 16.1 Å². The Morgan fingerprint density at radius 2 is 1.87 bits per heavy atom. The van der Waals surface area contributed by atoms with Crippen LogP contribution in [0.15, 0.2) is 42.5 Å². The van der Waals surface area contributed by atoms with E-state index in [-0.39, 0.29) is 17.9 Å². The molecule has 0 saturated heterocycles. The summed E-state index contributed by atoms with van der Waals surface area (Å²) in [6.07, 6.45) is 3.03. The van der Waals surface area contributed by atoms with Crippen LogP contribution in [0, 0.1) is 0 Å². The monoisotopic (exact) mass is 468 g/mol. The maximum absolute atomic E-state index is 12.9. The lowest BCUT2D eigenvalue weighted by atomic mass is 10.1. The zero-order valence-electron chi connectivity index (χ0n) is 17.2. The van der Waals surface area contributed by atoms with Gasteiger partial charge in [0.05, 0.1) is 12.7 Å². The Morgan fingerprint density at radius 3 is 2.53 bits per heavy atom. The van der Waals surface area contributed by atoms with Crippen molar-refractivity contribution in [3.05, 3.63) is 63.6 Å². The van der Waals surface area contributed by atoms with Gasteiger partial charge < -0.3 is 15.4 Å². The summed E-state index contributed by atoms with van der Waals surface area (Å²) in [4.78, 5) is 25.6. The standard InChI is InChI=1S/C22H26Cl2N2O3S/c1-14(12-15-8-9-16(23)13-18(15)24)25-22(28)19(10-11-30-3)26-21(27)17-6-4-5-7-20(17)29-2/h4-9,13-14,19H,10-12H2,1-3H3,(H,25,28)(H,26,27). The summed E-state index contributed by atoms with van der Waals surface area (Å²) >= 11 is 13.8. The minimum Gasteiger partial charge on any atom is -0.496 e. The van der Waals surface area contributed by atoms with E-state index in [1.807, 2.05) is 19.2 Å². The maximum atomic E-state index is 12.9. The predicted molar refractivity (Wildman–Crippen MR) is 125 cm³/mol. The molecule has 8 heteroatoms. The van der Waals surface area contributed by atoms with Gasteiger partial charge in [-0.2, -0.15) is 11.8 Å². The van der Waals surface area contributed by atoms with Gasteiger partial charge in [0.25, 0.3) is 5.91 Å². The summed E-state index contributed by atoms with van der Waals surface area (Å²) in [5.74, 6) is 0.624. The summed E-state index contributed by atoms with van der Waals surface area (Å²) in [5.41, 5.74) is 1.29. The molecule has 0 aliphatic carbocycles. The second-order valence-electron chi connectivity index (χ2n) is 6.86. The molecule has 2 rings (SSSR count). The number of amides is 2. The van der Waals surface area contributed by atoms with Crippen LogP contribution in [0.1, 0.15) is 29.3 Å². The molecule has 2 N–H and O–H groups in total. The van der Waals surface area contributed by atoms with Crippen molar-refractivity contribution < 1.29 is 14.3 Å². The minimum atomic E-state index is -0.655. The molecule has 2 aromatic carbocycles. The van der Waals surface area contributed by atoms with Gasteiger partial charge in [0.1, 0.15) is 11.8 Å². The van der Waals surface area contributed by atoms with E-state index in [1.165, 1.54) is 7.11 Å². The number of nitrogens with one attached hydrogen (secondary N) is 2. The fraction of sp³-hybridized carbons (Fsp3) is 0.364. The summed E-state index contributed by atoms with van der Waals surface area (Å²) < 4.78 is 5.25. The third-order valence-corrected chi connectivity index (χ3v) is 5.74. The highest BCUT2D eigenvalue weighted by Gasteiger charge is 2.24. The number of ether oxygens (including phenoxy) is 1. The Kier molecular flexibility index (Phi) is 9.82. The van der Waals surface area contributed by atoms with Gasteiger partial charge in [-0.05, 0) is 61.6 Å². The minimum absolute atomic E-state index is 0.170. The van der Waals surface area contributed by atoms with E-state index in [0.717, 1.165) is 11.3 Å². The molecule has 5 nitrogen and oxygen atoms in total. The molecule has 30 heavy (non-hydrogen) atoms. The van der Waals surface area contributed by atoms with Crippen molar-refractivity contribution in [1.29, 1.82) is 0 Å². The first-order chi connectivity index (χ1) is 14.3. The van der Waals surface area contributed by atoms with Crippen molar-refractivity contribution in [3.63, 3.8) is 0 Å². The summed E-state index contributed by atoms with van der Waals surface area (Å²) in [6.45, 7) is 1.90. The molecular formula is C22H26Cl2N2O3S. The van der Waals surface area contributed by atoms with Gasteiger partial charge in [-0.3, -0.25) is 9.59 Å². The quantitative estimate of drug-likeness (QED) is 0.534. The van der Waals surface area contributed by atoms with Crippen molar-refractivity contribution in [3.8, 4) is 5.75 Å². The van der Waals surface area contributed by atoms with Crippen molar-refractivity contribution in [2.75, 3.05) is 19.1 Å².